The van der Waals surface area contributed by atoms with Gasteiger partial charge in [0, 0.05) is 12.0 Å². The lowest BCUT2D eigenvalue weighted by Gasteiger charge is -2.35. The second-order valence-corrected chi connectivity index (χ2v) is 6.61. The molecule has 0 unspecified atom stereocenters. The number of amides is 1. The maximum Gasteiger partial charge on any atom is 0.257 e. The fraction of sp³-hybridized carbons (Fsp3) is 0.611. The molecule has 120 valence electrons. The van der Waals surface area contributed by atoms with E-state index in [2.05, 4.69) is 10.6 Å². The lowest BCUT2D eigenvalue weighted by atomic mass is 9.79. The van der Waals surface area contributed by atoms with Gasteiger partial charge in [-0.15, -0.1) is 0 Å². The van der Waals surface area contributed by atoms with E-state index in [9.17, 15) is 9.90 Å². The van der Waals surface area contributed by atoms with Gasteiger partial charge >= 0.3 is 0 Å². The fourth-order valence-corrected chi connectivity index (χ4v) is 3.85. The van der Waals surface area contributed by atoms with Crippen LogP contribution in [0.4, 0.5) is 0 Å². The summed E-state index contributed by atoms with van der Waals surface area (Å²) in [5, 5.41) is 17.8. The molecule has 2 fully saturated rings. The minimum atomic E-state index is -1.39. The van der Waals surface area contributed by atoms with Crippen molar-refractivity contribution in [2.75, 3.05) is 13.1 Å². The standard InChI is InChI=1S/C18H26N2O2/c21-17(20-16-10-12-19-13-11-16)18(22,15-8-4-5-9-15)14-6-2-1-3-7-14/h1-3,6-7,15-16,19,22H,4-5,8-13H2,(H,20,21)/t18-/m1/s1. The van der Waals surface area contributed by atoms with Crippen LogP contribution in [0.15, 0.2) is 30.3 Å². The number of carbonyl (C=O) groups is 1. The van der Waals surface area contributed by atoms with Crippen LogP contribution >= 0.6 is 0 Å². The number of hydrogen-bond donors (Lipinski definition) is 3. The highest BCUT2D eigenvalue weighted by molar-refractivity contribution is 5.87. The van der Waals surface area contributed by atoms with E-state index in [1.165, 1.54) is 0 Å². The van der Waals surface area contributed by atoms with E-state index >= 15 is 0 Å². The molecule has 1 saturated carbocycles. The molecule has 2 aliphatic rings. The minimum Gasteiger partial charge on any atom is -0.375 e. The van der Waals surface area contributed by atoms with Crippen molar-refractivity contribution in [2.24, 2.45) is 5.92 Å². The first kappa shape index (κ1) is 15.5. The maximum atomic E-state index is 12.9. The summed E-state index contributed by atoms with van der Waals surface area (Å²) >= 11 is 0. The molecule has 1 aromatic rings. The zero-order valence-corrected chi connectivity index (χ0v) is 13.1. The number of carbonyl (C=O) groups excluding carboxylic acids is 1. The number of benzene rings is 1. The van der Waals surface area contributed by atoms with Gasteiger partial charge in [0.1, 0.15) is 0 Å². The second-order valence-electron chi connectivity index (χ2n) is 6.61. The Hall–Kier alpha value is -1.39. The van der Waals surface area contributed by atoms with Crippen molar-refractivity contribution in [3.8, 4) is 0 Å². The normalized spacial score (nSPS) is 23.1. The van der Waals surface area contributed by atoms with Crippen molar-refractivity contribution in [3.63, 3.8) is 0 Å². The van der Waals surface area contributed by atoms with Gasteiger partial charge in [-0.05, 0) is 44.3 Å². The Labute approximate surface area is 132 Å². The molecule has 1 heterocycles. The molecule has 22 heavy (non-hydrogen) atoms. The Morgan fingerprint density at radius 2 is 1.73 bits per heavy atom. The molecular weight excluding hydrogens is 276 g/mol. The summed E-state index contributed by atoms with van der Waals surface area (Å²) in [6, 6.07) is 9.63. The number of nitrogens with one attached hydrogen (secondary N) is 2. The van der Waals surface area contributed by atoms with Gasteiger partial charge in [-0.3, -0.25) is 4.79 Å². The summed E-state index contributed by atoms with van der Waals surface area (Å²) < 4.78 is 0. The Morgan fingerprint density at radius 1 is 1.09 bits per heavy atom. The van der Waals surface area contributed by atoms with E-state index in [-0.39, 0.29) is 17.9 Å². The molecule has 0 bridgehead atoms. The molecule has 0 spiro atoms. The molecule has 3 N–H and O–H groups in total. The molecule has 4 nitrogen and oxygen atoms in total. The molecule has 0 radical (unpaired) electrons. The third-order valence-corrected chi connectivity index (χ3v) is 5.18. The Kier molecular flexibility index (Phi) is 4.79. The van der Waals surface area contributed by atoms with E-state index < -0.39 is 5.60 Å². The Morgan fingerprint density at radius 3 is 2.36 bits per heavy atom. The van der Waals surface area contributed by atoms with E-state index in [0.717, 1.165) is 57.2 Å². The number of rotatable bonds is 4. The molecule has 1 aromatic carbocycles. The van der Waals surface area contributed by atoms with Gasteiger partial charge in [0.15, 0.2) is 5.60 Å². The first-order chi connectivity index (χ1) is 10.7. The van der Waals surface area contributed by atoms with E-state index in [1.807, 2.05) is 30.3 Å². The zero-order valence-electron chi connectivity index (χ0n) is 13.1. The molecule has 1 aliphatic heterocycles. The predicted octanol–water partition coefficient (Wildman–Crippen LogP) is 1.93. The number of piperidine rings is 1. The Bertz CT molecular complexity index is 493. The van der Waals surface area contributed by atoms with Gasteiger partial charge in [-0.2, -0.15) is 0 Å². The van der Waals surface area contributed by atoms with Crippen LogP contribution in [0.25, 0.3) is 0 Å². The molecule has 1 amide bonds. The summed E-state index contributed by atoms with van der Waals surface area (Å²) in [4.78, 5) is 12.9. The van der Waals surface area contributed by atoms with Crippen LogP contribution in [0.1, 0.15) is 44.1 Å². The first-order valence-electron chi connectivity index (χ1n) is 8.51. The SMILES string of the molecule is O=C(NC1CCNCC1)[C@@](O)(c1ccccc1)C1CCCC1. The van der Waals surface area contributed by atoms with Crippen LogP contribution in [0.2, 0.25) is 0 Å². The molecule has 1 atom stereocenters. The summed E-state index contributed by atoms with van der Waals surface area (Å²) in [6.07, 6.45) is 5.90. The van der Waals surface area contributed by atoms with E-state index in [4.69, 9.17) is 0 Å². The van der Waals surface area contributed by atoms with Gasteiger partial charge in [0.05, 0.1) is 0 Å². The molecule has 3 rings (SSSR count). The van der Waals surface area contributed by atoms with E-state index in [1.54, 1.807) is 0 Å². The molecule has 4 heteroatoms. The topological polar surface area (TPSA) is 61.4 Å². The van der Waals surface area contributed by atoms with Gasteiger partial charge in [0.2, 0.25) is 0 Å². The van der Waals surface area contributed by atoms with Crippen LogP contribution in [-0.2, 0) is 10.4 Å². The summed E-state index contributed by atoms with van der Waals surface area (Å²) in [5.74, 6) is -0.186. The predicted molar refractivity (Wildman–Crippen MR) is 86.3 cm³/mol. The highest BCUT2D eigenvalue weighted by Gasteiger charge is 2.46. The molecule has 1 aliphatic carbocycles. The summed E-state index contributed by atoms with van der Waals surface area (Å²) in [5.41, 5.74) is -0.656. The highest BCUT2D eigenvalue weighted by atomic mass is 16.3. The van der Waals surface area contributed by atoms with E-state index in [0.29, 0.717) is 0 Å². The minimum absolute atomic E-state index is 0.0246. The van der Waals surface area contributed by atoms with Gasteiger partial charge in [0.25, 0.3) is 5.91 Å². The zero-order chi connectivity index (χ0) is 15.4. The van der Waals surface area contributed by atoms with Gasteiger partial charge in [-0.25, -0.2) is 0 Å². The van der Waals surface area contributed by atoms with Crippen LogP contribution in [0.3, 0.4) is 0 Å². The third kappa shape index (κ3) is 3.03. The maximum absolute atomic E-state index is 12.9. The Balaban J connectivity index is 1.82. The summed E-state index contributed by atoms with van der Waals surface area (Å²) in [6.45, 7) is 1.86. The lowest BCUT2D eigenvalue weighted by Crippen LogP contribution is -2.53. The van der Waals surface area contributed by atoms with Crippen LogP contribution in [0.5, 0.6) is 0 Å². The highest BCUT2D eigenvalue weighted by Crippen LogP contribution is 2.40. The van der Waals surface area contributed by atoms with Crippen LogP contribution in [0, 0.1) is 5.92 Å². The average Bonchev–Trinajstić information content (AvgIpc) is 3.11. The van der Waals surface area contributed by atoms with Crippen molar-refractivity contribution in [3.05, 3.63) is 35.9 Å². The third-order valence-electron chi connectivity index (χ3n) is 5.18. The van der Waals surface area contributed by atoms with Crippen molar-refractivity contribution in [1.29, 1.82) is 0 Å². The van der Waals surface area contributed by atoms with Crippen molar-refractivity contribution >= 4 is 5.91 Å². The van der Waals surface area contributed by atoms with Crippen molar-refractivity contribution in [2.45, 2.75) is 50.2 Å². The lowest BCUT2D eigenvalue weighted by molar-refractivity contribution is -0.148. The molecule has 1 saturated heterocycles. The van der Waals surface area contributed by atoms with Gasteiger partial charge < -0.3 is 15.7 Å². The van der Waals surface area contributed by atoms with Crippen LogP contribution < -0.4 is 10.6 Å². The fourth-order valence-electron chi connectivity index (χ4n) is 3.85. The summed E-state index contributed by atoms with van der Waals surface area (Å²) in [7, 11) is 0. The first-order valence-corrected chi connectivity index (χ1v) is 8.51. The number of hydrogen-bond acceptors (Lipinski definition) is 3. The van der Waals surface area contributed by atoms with Gasteiger partial charge in [-0.1, -0.05) is 43.2 Å². The molecular formula is C18H26N2O2. The monoisotopic (exact) mass is 302 g/mol. The van der Waals surface area contributed by atoms with Crippen molar-refractivity contribution < 1.29 is 9.90 Å². The number of aliphatic hydroxyl groups is 1. The second kappa shape index (κ2) is 6.80. The molecule has 0 aromatic heterocycles. The van der Waals surface area contributed by atoms with Crippen molar-refractivity contribution in [1.82, 2.24) is 10.6 Å². The van der Waals surface area contributed by atoms with Crippen LogP contribution in [-0.4, -0.2) is 30.1 Å². The largest absolute Gasteiger partial charge is 0.375 e. The smallest absolute Gasteiger partial charge is 0.257 e. The quantitative estimate of drug-likeness (QED) is 0.796. The average molecular weight is 302 g/mol.